The molecule has 1 saturated heterocycles. The Balaban J connectivity index is 2.22. The van der Waals surface area contributed by atoms with Gasteiger partial charge in [0, 0.05) is 33.2 Å². The maximum absolute atomic E-state index is 4.47. The fourth-order valence-electron chi connectivity index (χ4n) is 2.25. The van der Waals surface area contributed by atoms with Crippen molar-refractivity contribution in [1.82, 2.24) is 14.7 Å². The van der Waals surface area contributed by atoms with Crippen LogP contribution in [-0.4, -0.2) is 47.9 Å². The molecule has 0 N–H and O–H groups in total. The molecule has 0 atom stereocenters. The van der Waals surface area contributed by atoms with Crippen molar-refractivity contribution in [2.45, 2.75) is 13.8 Å². The van der Waals surface area contributed by atoms with E-state index in [1.54, 1.807) is 0 Å². The van der Waals surface area contributed by atoms with Gasteiger partial charge in [0.25, 0.3) is 0 Å². The number of rotatable bonds is 1. The summed E-state index contributed by atoms with van der Waals surface area (Å²) in [6, 6.07) is 0. The van der Waals surface area contributed by atoms with Gasteiger partial charge in [0.05, 0.1) is 17.1 Å². The maximum atomic E-state index is 4.47. The van der Waals surface area contributed by atoms with Gasteiger partial charge in [-0.3, -0.25) is 4.68 Å². The second-order valence-corrected chi connectivity index (χ2v) is 4.43. The third kappa shape index (κ3) is 1.86. The highest BCUT2D eigenvalue weighted by Crippen LogP contribution is 2.24. The lowest BCUT2D eigenvalue weighted by molar-refractivity contribution is 0.312. The Hall–Kier alpha value is -1.03. The van der Waals surface area contributed by atoms with Crippen molar-refractivity contribution in [2.24, 2.45) is 7.05 Å². The van der Waals surface area contributed by atoms with Crippen LogP contribution in [0.15, 0.2) is 0 Å². The van der Waals surface area contributed by atoms with Gasteiger partial charge in [-0.15, -0.1) is 0 Å². The number of aromatic nitrogens is 2. The predicted molar refractivity (Wildman–Crippen MR) is 62.4 cm³/mol. The van der Waals surface area contributed by atoms with E-state index in [0.717, 1.165) is 31.9 Å². The van der Waals surface area contributed by atoms with E-state index < -0.39 is 0 Å². The minimum Gasteiger partial charge on any atom is -0.366 e. The molecule has 0 aromatic carbocycles. The first-order valence-corrected chi connectivity index (χ1v) is 5.53. The second-order valence-electron chi connectivity index (χ2n) is 4.43. The van der Waals surface area contributed by atoms with Crippen LogP contribution in [0, 0.1) is 13.8 Å². The molecule has 1 aromatic heterocycles. The van der Waals surface area contributed by atoms with Crippen molar-refractivity contribution in [1.29, 1.82) is 0 Å². The van der Waals surface area contributed by atoms with Crippen LogP contribution < -0.4 is 4.90 Å². The molecule has 0 radical (unpaired) electrons. The minimum absolute atomic E-state index is 1.11. The minimum atomic E-state index is 1.11. The lowest BCUT2D eigenvalue weighted by Crippen LogP contribution is -2.44. The van der Waals surface area contributed by atoms with Crippen molar-refractivity contribution < 1.29 is 0 Å². The average molecular weight is 208 g/mol. The molecule has 1 aliphatic rings. The molecule has 84 valence electrons. The number of anilines is 1. The summed E-state index contributed by atoms with van der Waals surface area (Å²) >= 11 is 0. The van der Waals surface area contributed by atoms with Crippen LogP contribution in [0.3, 0.4) is 0 Å². The SMILES string of the molecule is Cc1nn(C)c(C)c1N1CCN(C)CC1. The third-order valence-electron chi connectivity index (χ3n) is 3.29. The van der Waals surface area contributed by atoms with Crippen LogP contribution in [0.2, 0.25) is 0 Å². The first-order valence-electron chi connectivity index (χ1n) is 5.53. The summed E-state index contributed by atoms with van der Waals surface area (Å²) in [4.78, 5) is 4.83. The summed E-state index contributed by atoms with van der Waals surface area (Å²) in [6.07, 6.45) is 0. The molecule has 2 rings (SSSR count). The molecular weight excluding hydrogens is 188 g/mol. The highest BCUT2D eigenvalue weighted by Gasteiger charge is 2.20. The lowest BCUT2D eigenvalue weighted by Gasteiger charge is -2.34. The monoisotopic (exact) mass is 208 g/mol. The second kappa shape index (κ2) is 3.85. The number of likely N-dealkylation sites (N-methyl/N-ethyl adjacent to an activating group) is 1. The molecule has 2 heterocycles. The molecule has 0 unspecified atom stereocenters. The molecule has 0 bridgehead atoms. The summed E-state index contributed by atoms with van der Waals surface area (Å²) in [5.41, 5.74) is 3.77. The van der Waals surface area contributed by atoms with E-state index in [-0.39, 0.29) is 0 Å². The van der Waals surface area contributed by atoms with Crippen molar-refractivity contribution in [2.75, 3.05) is 38.1 Å². The number of hydrogen-bond donors (Lipinski definition) is 0. The summed E-state index contributed by atoms with van der Waals surface area (Å²) in [5, 5.41) is 4.47. The Kier molecular flexibility index (Phi) is 2.69. The average Bonchev–Trinajstić information content (AvgIpc) is 2.44. The van der Waals surface area contributed by atoms with Gasteiger partial charge in [0.1, 0.15) is 0 Å². The molecule has 0 aliphatic carbocycles. The van der Waals surface area contributed by atoms with Crippen LogP contribution in [0.1, 0.15) is 11.4 Å². The van der Waals surface area contributed by atoms with Crippen LogP contribution in [0.4, 0.5) is 5.69 Å². The van der Waals surface area contributed by atoms with Crippen molar-refractivity contribution >= 4 is 5.69 Å². The molecule has 1 aromatic rings. The highest BCUT2D eigenvalue weighted by atomic mass is 15.3. The summed E-state index contributed by atoms with van der Waals surface area (Å²) in [7, 11) is 4.20. The van der Waals surface area contributed by atoms with Gasteiger partial charge in [-0.1, -0.05) is 0 Å². The van der Waals surface area contributed by atoms with Gasteiger partial charge in [-0.2, -0.15) is 5.10 Å². The Bertz CT molecular complexity index is 348. The zero-order valence-corrected chi connectivity index (χ0v) is 10.1. The fraction of sp³-hybridized carbons (Fsp3) is 0.727. The van der Waals surface area contributed by atoms with E-state index >= 15 is 0 Å². The predicted octanol–water partition coefficient (Wildman–Crippen LogP) is 0.789. The number of hydrogen-bond acceptors (Lipinski definition) is 3. The zero-order chi connectivity index (χ0) is 11.0. The summed E-state index contributed by atoms with van der Waals surface area (Å²) in [6.45, 7) is 8.77. The van der Waals surface area contributed by atoms with E-state index in [1.807, 2.05) is 11.7 Å². The highest BCUT2D eigenvalue weighted by molar-refractivity contribution is 5.55. The van der Waals surface area contributed by atoms with Gasteiger partial charge in [0.15, 0.2) is 0 Å². The Morgan fingerprint density at radius 1 is 1.00 bits per heavy atom. The van der Waals surface area contributed by atoms with Gasteiger partial charge in [-0.05, 0) is 20.9 Å². The topological polar surface area (TPSA) is 24.3 Å². The molecule has 4 heteroatoms. The Labute approximate surface area is 91.5 Å². The molecule has 4 nitrogen and oxygen atoms in total. The number of nitrogens with zero attached hydrogens (tertiary/aromatic N) is 4. The molecule has 0 amide bonds. The van der Waals surface area contributed by atoms with Gasteiger partial charge in [-0.25, -0.2) is 0 Å². The van der Waals surface area contributed by atoms with Crippen molar-refractivity contribution in [3.05, 3.63) is 11.4 Å². The first-order chi connectivity index (χ1) is 7.09. The van der Waals surface area contributed by atoms with Crippen LogP contribution in [-0.2, 0) is 7.05 Å². The zero-order valence-electron chi connectivity index (χ0n) is 10.1. The van der Waals surface area contributed by atoms with E-state index in [0.29, 0.717) is 0 Å². The van der Waals surface area contributed by atoms with Crippen molar-refractivity contribution in [3.8, 4) is 0 Å². The molecule has 1 aliphatic heterocycles. The lowest BCUT2D eigenvalue weighted by atomic mass is 10.2. The molecule has 0 spiro atoms. The maximum Gasteiger partial charge on any atom is 0.0829 e. The largest absolute Gasteiger partial charge is 0.366 e. The number of piperazine rings is 1. The molecule has 1 fully saturated rings. The van der Waals surface area contributed by atoms with Crippen LogP contribution in [0.25, 0.3) is 0 Å². The summed E-state index contributed by atoms with van der Waals surface area (Å²) < 4.78 is 1.98. The Morgan fingerprint density at radius 3 is 2.07 bits per heavy atom. The molecule has 0 saturated carbocycles. The van der Waals surface area contributed by atoms with E-state index in [1.165, 1.54) is 11.4 Å². The quantitative estimate of drug-likeness (QED) is 0.682. The smallest absolute Gasteiger partial charge is 0.0829 e. The van der Waals surface area contributed by atoms with Gasteiger partial charge >= 0.3 is 0 Å². The fourth-order valence-corrected chi connectivity index (χ4v) is 2.25. The van der Waals surface area contributed by atoms with Gasteiger partial charge < -0.3 is 9.80 Å². The standard InChI is InChI=1S/C11H20N4/c1-9-11(10(2)14(4)12-9)15-7-5-13(3)6-8-15/h5-8H2,1-4H3. The van der Waals surface area contributed by atoms with Crippen LogP contribution >= 0.6 is 0 Å². The van der Waals surface area contributed by atoms with E-state index in [4.69, 9.17) is 0 Å². The number of aryl methyl sites for hydroxylation is 2. The normalized spacial score (nSPS) is 18.5. The summed E-state index contributed by atoms with van der Waals surface area (Å²) in [5.74, 6) is 0. The third-order valence-corrected chi connectivity index (χ3v) is 3.29. The van der Waals surface area contributed by atoms with Crippen LogP contribution in [0.5, 0.6) is 0 Å². The molecule has 15 heavy (non-hydrogen) atoms. The van der Waals surface area contributed by atoms with E-state index in [2.05, 4.69) is 35.8 Å². The van der Waals surface area contributed by atoms with Crippen molar-refractivity contribution in [3.63, 3.8) is 0 Å². The Morgan fingerprint density at radius 2 is 1.60 bits per heavy atom. The molecular formula is C11H20N4. The van der Waals surface area contributed by atoms with E-state index in [9.17, 15) is 0 Å². The van der Waals surface area contributed by atoms with Gasteiger partial charge in [0.2, 0.25) is 0 Å². The first kappa shape index (κ1) is 10.5.